The standard InChI is InChI=1S/C19H23N5O/c1-23-10-16(9-22-23)11-24-8-7-17-19(21-14-20-17)18(24)13-25-12-15-5-3-2-4-6-15/h2-6,9-10,14,18H,7-8,11-13H2,1H3,(H,20,21). The van der Waals surface area contributed by atoms with Crippen molar-refractivity contribution in [1.29, 1.82) is 0 Å². The van der Waals surface area contributed by atoms with Gasteiger partial charge in [-0.05, 0) is 5.56 Å². The zero-order chi connectivity index (χ0) is 17.1. The Morgan fingerprint density at radius 1 is 1.24 bits per heavy atom. The van der Waals surface area contributed by atoms with Crippen molar-refractivity contribution < 1.29 is 4.74 Å². The smallest absolute Gasteiger partial charge is 0.0925 e. The van der Waals surface area contributed by atoms with Crippen molar-refractivity contribution in [2.75, 3.05) is 13.2 Å². The third kappa shape index (κ3) is 3.65. The van der Waals surface area contributed by atoms with E-state index in [0.717, 1.165) is 25.2 Å². The zero-order valence-electron chi connectivity index (χ0n) is 14.4. The first-order chi connectivity index (χ1) is 12.3. The van der Waals surface area contributed by atoms with Crippen molar-refractivity contribution in [3.63, 3.8) is 0 Å². The lowest BCUT2D eigenvalue weighted by Gasteiger charge is -2.34. The number of hydrogen-bond donors (Lipinski definition) is 1. The van der Waals surface area contributed by atoms with Crippen LogP contribution in [0.3, 0.4) is 0 Å². The van der Waals surface area contributed by atoms with Gasteiger partial charge in [0.25, 0.3) is 0 Å². The topological polar surface area (TPSA) is 59.0 Å². The average Bonchev–Trinajstić information content (AvgIpc) is 3.26. The molecule has 0 bridgehead atoms. The van der Waals surface area contributed by atoms with Crippen molar-refractivity contribution >= 4 is 0 Å². The summed E-state index contributed by atoms with van der Waals surface area (Å²) in [5.41, 5.74) is 4.76. The van der Waals surface area contributed by atoms with Crippen LogP contribution in [0, 0.1) is 0 Å². The van der Waals surface area contributed by atoms with Crippen LogP contribution < -0.4 is 0 Å². The van der Waals surface area contributed by atoms with Gasteiger partial charge in [0.1, 0.15) is 0 Å². The van der Waals surface area contributed by atoms with Crippen molar-refractivity contribution in [3.05, 3.63) is 71.6 Å². The third-order valence-corrected chi connectivity index (χ3v) is 4.69. The summed E-state index contributed by atoms with van der Waals surface area (Å²) in [6.07, 6.45) is 6.79. The number of aromatic nitrogens is 4. The van der Waals surface area contributed by atoms with E-state index in [4.69, 9.17) is 4.74 Å². The number of H-pyrrole nitrogens is 1. The van der Waals surface area contributed by atoms with Gasteiger partial charge in [-0.1, -0.05) is 30.3 Å². The van der Waals surface area contributed by atoms with Gasteiger partial charge in [0.15, 0.2) is 0 Å². The molecule has 0 spiro atoms. The summed E-state index contributed by atoms with van der Waals surface area (Å²) >= 11 is 0. The molecule has 1 atom stereocenters. The lowest BCUT2D eigenvalue weighted by molar-refractivity contribution is 0.0392. The van der Waals surface area contributed by atoms with E-state index in [1.165, 1.54) is 16.8 Å². The van der Waals surface area contributed by atoms with E-state index in [1.807, 2.05) is 36.1 Å². The molecule has 2 aromatic heterocycles. The van der Waals surface area contributed by atoms with Gasteiger partial charge in [0.2, 0.25) is 0 Å². The van der Waals surface area contributed by atoms with E-state index in [9.17, 15) is 0 Å². The molecule has 4 rings (SSSR count). The number of ether oxygens (including phenoxy) is 1. The van der Waals surface area contributed by atoms with Crippen LogP contribution in [0.15, 0.2) is 49.1 Å². The molecule has 1 aliphatic rings. The molecule has 0 saturated heterocycles. The number of hydrogen-bond acceptors (Lipinski definition) is 4. The first-order valence-corrected chi connectivity index (χ1v) is 8.65. The van der Waals surface area contributed by atoms with Crippen molar-refractivity contribution in [1.82, 2.24) is 24.6 Å². The molecule has 0 aliphatic carbocycles. The van der Waals surface area contributed by atoms with Gasteiger partial charge in [-0.15, -0.1) is 0 Å². The Labute approximate surface area is 147 Å². The van der Waals surface area contributed by atoms with Crippen LogP contribution in [0.1, 0.15) is 28.6 Å². The minimum atomic E-state index is 0.166. The lowest BCUT2D eigenvalue weighted by Crippen LogP contribution is -2.37. The summed E-state index contributed by atoms with van der Waals surface area (Å²) in [7, 11) is 1.95. The quantitative estimate of drug-likeness (QED) is 0.751. The minimum Gasteiger partial charge on any atom is -0.375 e. The summed E-state index contributed by atoms with van der Waals surface area (Å²) in [4.78, 5) is 10.3. The molecule has 3 aromatic rings. The Kier molecular flexibility index (Phi) is 4.63. The predicted molar refractivity (Wildman–Crippen MR) is 94.7 cm³/mol. The molecular formula is C19H23N5O. The minimum absolute atomic E-state index is 0.166. The highest BCUT2D eigenvalue weighted by atomic mass is 16.5. The Morgan fingerprint density at radius 2 is 2.12 bits per heavy atom. The molecule has 3 heterocycles. The zero-order valence-corrected chi connectivity index (χ0v) is 14.4. The van der Waals surface area contributed by atoms with Crippen molar-refractivity contribution in [3.8, 4) is 0 Å². The van der Waals surface area contributed by atoms with Crippen LogP contribution in [0.2, 0.25) is 0 Å². The highest BCUT2D eigenvalue weighted by molar-refractivity contribution is 5.21. The fourth-order valence-electron chi connectivity index (χ4n) is 3.43. The molecule has 0 fully saturated rings. The Balaban J connectivity index is 1.46. The summed E-state index contributed by atoms with van der Waals surface area (Å²) < 4.78 is 7.89. The molecule has 0 amide bonds. The van der Waals surface area contributed by atoms with Gasteiger partial charge < -0.3 is 9.72 Å². The largest absolute Gasteiger partial charge is 0.375 e. The van der Waals surface area contributed by atoms with E-state index in [1.54, 1.807) is 6.33 Å². The van der Waals surface area contributed by atoms with Crippen LogP contribution in [0.5, 0.6) is 0 Å². The normalized spacial score (nSPS) is 17.6. The van der Waals surface area contributed by atoms with E-state index >= 15 is 0 Å². The maximum Gasteiger partial charge on any atom is 0.0925 e. The van der Waals surface area contributed by atoms with E-state index in [2.05, 4.69) is 38.3 Å². The summed E-state index contributed by atoms with van der Waals surface area (Å²) in [6, 6.07) is 10.5. The third-order valence-electron chi connectivity index (χ3n) is 4.69. The van der Waals surface area contributed by atoms with E-state index in [-0.39, 0.29) is 6.04 Å². The second-order valence-electron chi connectivity index (χ2n) is 6.53. The fourth-order valence-corrected chi connectivity index (χ4v) is 3.43. The van der Waals surface area contributed by atoms with Crippen LogP contribution in [0.25, 0.3) is 0 Å². The van der Waals surface area contributed by atoms with Gasteiger partial charge in [-0.25, -0.2) is 4.98 Å². The van der Waals surface area contributed by atoms with Crippen molar-refractivity contribution in [2.24, 2.45) is 7.05 Å². The number of rotatable bonds is 6. The number of benzene rings is 1. The molecule has 1 unspecified atom stereocenters. The van der Waals surface area contributed by atoms with Crippen LogP contribution >= 0.6 is 0 Å². The predicted octanol–water partition coefficient (Wildman–Crippen LogP) is 2.46. The van der Waals surface area contributed by atoms with Crippen LogP contribution in [-0.2, 0) is 31.4 Å². The molecule has 25 heavy (non-hydrogen) atoms. The van der Waals surface area contributed by atoms with Gasteiger partial charge >= 0.3 is 0 Å². The average molecular weight is 337 g/mol. The fraction of sp³-hybridized carbons (Fsp3) is 0.368. The molecule has 1 N–H and O–H groups in total. The van der Waals surface area contributed by atoms with Gasteiger partial charge in [0.05, 0.1) is 37.5 Å². The van der Waals surface area contributed by atoms with Gasteiger partial charge in [0, 0.05) is 44.0 Å². The number of imidazole rings is 1. The Bertz CT molecular complexity index is 810. The molecule has 1 aliphatic heterocycles. The molecule has 6 nitrogen and oxygen atoms in total. The number of fused-ring (bicyclic) bond motifs is 1. The van der Waals surface area contributed by atoms with Crippen molar-refractivity contribution in [2.45, 2.75) is 25.6 Å². The maximum atomic E-state index is 6.04. The van der Waals surface area contributed by atoms with Gasteiger partial charge in [-0.2, -0.15) is 5.10 Å². The molecule has 0 radical (unpaired) electrons. The number of aryl methyl sites for hydroxylation is 1. The Morgan fingerprint density at radius 3 is 2.92 bits per heavy atom. The lowest BCUT2D eigenvalue weighted by atomic mass is 10.0. The molecule has 0 saturated carbocycles. The van der Waals surface area contributed by atoms with Crippen LogP contribution in [0.4, 0.5) is 0 Å². The number of aromatic amines is 1. The monoisotopic (exact) mass is 337 g/mol. The first kappa shape index (κ1) is 16.1. The SMILES string of the molecule is Cn1cc(CN2CCc3[nH]cnc3C2COCc2ccccc2)cn1. The number of nitrogens with one attached hydrogen (secondary N) is 1. The Hall–Kier alpha value is -2.44. The molecule has 1 aromatic carbocycles. The molecule has 6 heteroatoms. The summed E-state index contributed by atoms with van der Waals surface area (Å²) in [6.45, 7) is 3.10. The molecular weight excluding hydrogens is 314 g/mol. The first-order valence-electron chi connectivity index (χ1n) is 8.65. The second-order valence-corrected chi connectivity index (χ2v) is 6.53. The molecule has 130 valence electrons. The maximum absolute atomic E-state index is 6.04. The number of nitrogens with zero attached hydrogens (tertiary/aromatic N) is 4. The van der Waals surface area contributed by atoms with E-state index < -0.39 is 0 Å². The highest BCUT2D eigenvalue weighted by Crippen LogP contribution is 2.29. The summed E-state index contributed by atoms with van der Waals surface area (Å²) in [5, 5.41) is 4.28. The second kappa shape index (κ2) is 7.21. The van der Waals surface area contributed by atoms with E-state index in [0.29, 0.717) is 13.2 Å². The highest BCUT2D eigenvalue weighted by Gasteiger charge is 2.30. The summed E-state index contributed by atoms with van der Waals surface area (Å²) in [5.74, 6) is 0. The van der Waals surface area contributed by atoms with Crippen LogP contribution in [-0.4, -0.2) is 37.8 Å². The van der Waals surface area contributed by atoms with Gasteiger partial charge in [-0.3, -0.25) is 9.58 Å².